The topological polar surface area (TPSA) is 77.8 Å². The average molecular weight is 503 g/mol. The molecular formula is C23H20Cl2N4O3S. The van der Waals surface area contributed by atoms with Gasteiger partial charge in [-0.15, -0.1) is 0 Å². The molecule has 3 aromatic rings. The number of furan rings is 1. The van der Waals surface area contributed by atoms with E-state index in [1.165, 1.54) is 6.26 Å². The smallest absolute Gasteiger partial charge is 0.289 e. The molecule has 170 valence electrons. The number of nitrogens with zero attached hydrogens (tertiary/aromatic N) is 2. The van der Waals surface area contributed by atoms with E-state index in [1.807, 2.05) is 12.1 Å². The molecule has 33 heavy (non-hydrogen) atoms. The van der Waals surface area contributed by atoms with Crippen molar-refractivity contribution in [1.82, 2.24) is 10.2 Å². The predicted molar refractivity (Wildman–Crippen MR) is 133 cm³/mol. The molecular weight excluding hydrogens is 483 g/mol. The monoisotopic (exact) mass is 502 g/mol. The summed E-state index contributed by atoms with van der Waals surface area (Å²) in [6, 6.07) is 15.5. The lowest BCUT2D eigenvalue weighted by Gasteiger charge is -2.36. The van der Waals surface area contributed by atoms with Crippen LogP contribution >= 0.6 is 35.4 Å². The normalized spacial score (nSPS) is 13.5. The first kappa shape index (κ1) is 23.1. The van der Waals surface area contributed by atoms with Gasteiger partial charge in [-0.1, -0.05) is 35.3 Å². The lowest BCUT2D eigenvalue weighted by Crippen LogP contribution is -2.48. The first-order chi connectivity index (χ1) is 15.9. The van der Waals surface area contributed by atoms with Crippen LogP contribution in [0, 0.1) is 0 Å². The van der Waals surface area contributed by atoms with Crippen LogP contribution in [-0.4, -0.2) is 48.0 Å². The molecule has 2 N–H and O–H groups in total. The van der Waals surface area contributed by atoms with Crippen LogP contribution in [-0.2, 0) is 0 Å². The van der Waals surface area contributed by atoms with Crippen LogP contribution in [0.4, 0.5) is 11.4 Å². The van der Waals surface area contributed by atoms with E-state index in [2.05, 4.69) is 15.5 Å². The number of hydrogen-bond donors (Lipinski definition) is 2. The lowest BCUT2D eigenvalue weighted by molar-refractivity contribution is 0.0714. The van der Waals surface area contributed by atoms with E-state index in [1.54, 1.807) is 47.4 Å². The van der Waals surface area contributed by atoms with Gasteiger partial charge in [0.25, 0.3) is 11.8 Å². The molecule has 4 rings (SSSR count). The maximum atomic E-state index is 12.4. The van der Waals surface area contributed by atoms with E-state index in [0.717, 1.165) is 5.69 Å². The molecule has 2 aromatic carbocycles. The molecule has 0 saturated carbocycles. The van der Waals surface area contributed by atoms with Gasteiger partial charge in [-0.25, -0.2) is 0 Å². The molecule has 1 saturated heterocycles. The minimum Gasteiger partial charge on any atom is -0.459 e. The minimum atomic E-state index is -0.400. The van der Waals surface area contributed by atoms with E-state index in [4.69, 9.17) is 39.8 Å². The van der Waals surface area contributed by atoms with Crippen molar-refractivity contribution >= 4 is 63.7 Å². The Kier molecular flexibility index (Phi) is 7.17. The summed E-state index contributed by atoms with van der Waals surface area (Å²) in [6.07, 6.45) is 1.49. The highest BCUT2D eigenvalue weighted by molar-refractivity contribution is 7.80. The molecule has 0 unspecified atom stereocenters. The number of carbonyl (C=O) groups is 2. The molecule has 1 aromatic heterocycles. The second-order valence-electron chi connectivity index (χ2n) is 7.31. The molecule has 2 amide bonds. The van der Waals surface area contributed by atoms with Crippen LogP contribution in [0.25, 0.3) is 0 Å². The van der Waals surface area contributed by atoms with Crippen LogP contribution in [0.1, 0.15) is 20.9 Å². The third-order valence-corrected chi connectivity index (χ3v) is 6.03. The van der Waals surface area contributed by atoms with Gasteiger partial charge in [0.05, 0.1) is 27.6 Å². The van der Waals surface area contributed by atoms with Gasteiger partial charge in [0, 0.05) is 31.9 Å². The SMILES string of the molecule is O=C(NC(=S)Nc1ccc(N2CCN(C(=O)c3ccco3)CC2)c(Cl)c1)c1ccccc1Cl. The second kappa shape index (κ2) is 10.2. The fraction of sp³-hybridized carbons (Fsp3) is 0.174. The zero-order chi connectivity index (χ0) is 23.4. The molecule has 0 bridgehead atoms. The molecule has 1 aliphatic heterocycles. The molecule has 1 aliphatic rings. The van der Waals surface area contributed by atoms with Crippen molar-refractivity contribution in [1.29, 1.82) is 0 Å². The first-order valence-electron chi connectivity index (χ1n) is 10.2. The number of benzene rings is 2. The Labute approximate surface area is 206 Å². The lowest BCUT2D eigenvalue weighted by atomic mass is 10.2. The van der Waals surface area contributed by atoms with Gasteiger partial charge in [-0.05, 0) is 54.7 Å². The van der Waals surface area contributed by atoms with E-state index in [-0.39, 0.29) is 11.0 Å². The molecule has 0 spiro atoms. The summed E-state index contributed by atoms with van der Waals surface area (Å²) < 4.78 is 5.20. The first-order valence-corrected chi connectivity index (χ1v) is 11.3. The van der Waals surface area contributed by atoms with Crippen LogP contribution in [0.15, 0.2) is 65.3 Å². The zero-order valence-electron chi connectivity index (χ0n) is 17.4. The second-order valence-corrected chi connectivity index (χ2v) is 8.53. The summed E-state index contributed by atoms with van der Waals surface area (Å²) in [7, 11) is 0. The number of anilines is 2. The highest BCUT2D eigenvalue weighted by Crippen LogP contribution is 2.30. The predicted octanol–water partition coefficient (Wildman–Crippen LogP) is 4.68. The molecule has 0 atom stereocenters. The van der Waals surface area contributed by atoms with Crippen molar-refractivity contribution in [2.45, 2.75) is 0 Å². The Morgan fingerprint density at radius 1 is 0.939 bits per heavy atom. The number of thiocarbonyl (C=S) groups is 1. The number of carbonyl (C=O) groups excluding carboxylic acids is 2. The maximum Gasteiger partial charge on any atom is 0.289 e. The number of hydrogen-bond acceptors (Lipinski definition) is 5. The summed E-state index contributed by atoms with van der Waals surface area (Å²) >= 11 is 17.8. The van der Waals surface area contributed by atoms with Gasteiger partial charge < -0.3 is 19.5 Å². The summed E-state index contributed by atoms with van der Waals surface area (Å²) in [4.78, 5) is 28.7. The zero-order valence-corrected chi connectivity index (χ0v) is 19.7. The molecule has 7 nitrogen and oxygen atoms in total. The highest BCUT2D eigenvalue weighted by Gasteiger charge is 2.24. The Bertz CT molecular complexity index is 1180. The third kappa shape index (κ3) is 5.47. The van der Waals surface area contributed by atoms with Crippen LogP contribution in [0.3, 0.4) is 0 Å². The van der Waals surface area contributed by atoms with Crippen molar-refractivity contribution < 1.29 is 14.0 Å². The Morgan fingerprint density at radius 3 is 2.36 bits per heavy atom. The Hall–Kier alpha value is -3.07. The van der Waals surface area contributed by atoms with Crippen LogP contribution in [0.2, 0.25) is 10.0 Å². The van der Waals surface area contributed by atoms with Crippen molar-refractivity contribution in [3.63, 3.8) is 0 Å². The standard InChI is InChI=1S/C23H20Cl2N4O3S/c24-17-5-2-1-4-16(17)21(30)27-23(33)26-15-7-8-19(18(25)14-15)28-9-11-29(12-10-28)22(31)20-6-3-13-32-20/h1-8,13-14H,9-12H2,(H2,26,27,30,33). The van der Waals surface area contributed by atoms with Gasteiger partial charge >= 0.3 is 0 Å². The van der Waals surface area contributed by atoms with Gasteiger partial charge in [0.2, 0.25) is 0 Å². The van der Waals surface area contributed by atoms with E-state index >= 15 is 0 Å². The van der Waals surface area contributed by atoms with Gasteiger partial charge in [0.15, 0.2) is 10.9 Å². The average Bonchev–Trinajstić information content (AvgIpc) is 3.34. The quantitative estimate of drug-likeness (QED) is 0.504. The summed E-state index contributed by atoms with van der Waals surface area (Å²) in [5.41, 5.74) is 1.83. The van der Waals surface area contributed by atoms with Gasteiger partial charge in [-0.2, -0.15) is 0 Å². The minimum absolute atomic E-state index is 0.113. The Morgan fingerprint density at radius 2 is 1.70 bits per heavy atom. The molecule has 0 radical (unpaired) electrons. The summed E-state index contributed by atoms with van der Waals surface area (Å²) in [5, 5.41) is 6.58. The van der Waals surface area contributed by atoms with Gasteiger partial charge in [0.1, 0.15) is 0 Å². The van der Waals surface area contributed by atoms with E-state index in [0.29, 0.717) is 53.2 Å². The number of rotatable bonds is 4. The van der Waals surface area contributed by atoms with Crippen LogP contribution in [0.5, 0.6) is 0 Å². The fourth-order valence-electron chi connectivity index (χ4n) is 3.53. The summed E-state index contributed by atoms with van der Waals surface area (Å²) in [6.45, 7) is 2.42. The molecule has 1 fully saturated rings. The molecule has 2 heterocycles. The molecule has 0 aliphatic carbocycles. The largest absolute Gasteiger partial charge is 0.459 e. The number of halogens is 2. The highest BCUT2D eigenvalue weighted by atomic mass is 35.5. The fourth-order valence-corrected chi connectivity index (χ4v) is 4.26. The molecule has 10 heteroatoms. The van der Waals surface area contributed by atoms with Crippen molar-refractivity contribution in [2.24, 2.45) is 0 Å². The van der Waals surface area contributed by atoms with Crippen molar-refractivity contribution in [3.8, 4) is 0 Å². The number of nitrogens with one attached hydrogen (secondary N) is 2. The van der Waals surface area contributed by atoms with E-state index < -0.39 is 5.91 Å². The van der Waals surface area contributed by atoms with E-state index in [9.17, 15) is 9.59 Å². The van der Waals surface area contributed by atoms with Crippen LogP contribution < -0.4 is 15.5 Å². The third-order valence-electron chi connectivity index (χ3n) is 5.19. The van der Waals surface area contributed by atoms with Gasteiger partial charge in [-0.3, -0.25) is 14.9 Å². The maximum absolute atomic E-state index is 12.4. The number of piperazine rings is 1. The Balaban J connectivity index is 1.33. The van der Waals surface area contributed by atoms with Crippen molar-refractivity contribution in [2.75, 3.05) is 36.4 Å². The van der Waals surface area contributed by atoms with Crippen molar-refractivity contribution in [3.05, 3.63) is 82.2 Å². The summed E-state index contributed by atoms with van der Waals surface area (Å²) in [5.74, 6) is -0.171. The number of amides is 2.